The third-order valence-corrected chi connectivity index (χ3v) is 7.46. The van der Waals surface area contributed by atoms with E-state index < -0.39 is 15.8 Å². The van der Waals surface area contributed by atoms with Crippen LogP contribution >= 0.6 is 0 Å². The SMILES string of the molecule is COc1ccc(-c2ccc3c(c2)CCN3S(=O)(=O)c2ccc(-c3noc(=O)[nH]3)cc2)c(OC)n1. The first-order valence-corrected chi connectivity index (χ1v) is 11.8. The fourth-order valence-corrected chi connectivity index (χ4v) is 5.47. The highest BCUT2D eigenvalue weighted by Crippen LogP contribution is 2.38. The van der Waals surface area contributed by atoms with Crippen LogP contribution in [-0.2, 0) is 16.4 Å². The number of hydrogen-bond donors (Lipinski definition) is 1. The molecule has 0 saturated heterocycles. The number of ether oxygens (including phenoxy) is 2. The fraction of sp³-hybridized carbons (Fsp3) is 0.174. The molecule has 0 aliphatic carbocycles. The summed E-state index contributed by atoms with van der Waals surface area (Å²) in [5.41, 5.74) is 3.74. The second kappa shape index (κ2) is 8.34. The molecule has 0 bridgehead atoms. The van der Waals surface area contributed by atoms with Crippen molar-refractivity contribution in [3.63, 3.8) is 0 Å². The zero-order valence-electron chi connectivity index (χ0n) is 18.3. The summed E-state index contributed by atoms with van der Waals surface area (Å²) in [6, 6.07) is 15.3. The molecule has 174 valence electrons. The second-order valence-corrected chi connectivity index (χ2v) is 9.41. The summed E-state index contributed by atoms with van der Waals surface area (Å²) in [7, 11) is -0.705. The predicted octanol–water partition coefficient (Wildman–Crippen LogP) is 2.86. The maximum Gasteiger partial charge on any atom is 0.439 e. The number of aromatic amines is 1. The molecule has 10 nitrogen and oxygen atoms in total. The number of methoxy groups -OCH3 is 2. The maximum absolute atomic E-state index is 13.4. The van der Waals surface area contributed by atoms with Gasteiger partial charge in [-0.25, -0.2) is 13.2 Å². The molecule has 0 spiro atoms. The van der Waals surface area contributed by atoms with Gasteiger partial charge in [0.05, 0.1) is 24.8 Å². The Kier molecular flexibility index (Phi) is 5.33. The van der Waals surface area contributed by atoms with E-state index in [1.807, 2.05) is 18.2 Å². The van der Waals surface area contributed by atoms with E-state index in [9.17, 15) is 13.2 Å². The van der Waals surface area contributed by atoms with Crippen LogP contribution in [0.15, 0.2) is 68.8 Å². The number of pyridine rings is 1. The van der Waals surface area contributed by atoms with Gasteiger partial charge in [0, 0.05) is 23.7 Å². The van der Waals surface area contributed by atoms with Crippen molar-refractivity contribution in [1.29, 1.82) is 0 Å². The average Bonchev–Trinajstić information content (AvgIpc) is 3.50. The number of benzene rings is 2. The lowest BCUT2D eigenvalue weighted by Gasteiger charge is -2.20. The van der Waals surface area contributed by atoms with Crippen LogP contribution in [0.3, 0.4) is 0 Å². The predicted molar refractivity (Wildman–Crippen MR) is 124 cm³/mol. The number of nitrogens with one attached hydrogen (secondary N) is 1. The fourth-order valence-electron chi connectivity index (χ4n) is 3.97. The summed E-state index contributed by atoms with van der Waals surface area (Å²) in [4.78, 5) is 18.1. The maximum atomic E-state index is 13.4. The number of fused-ring (bicyclic) bond motifs is 1. The number of hydrogen-bond acceptors (Lipinski definition) is 8. The van der Waals surface area contributed by atoms with Gasteiger partial charge in [-0.2, -0.15) is 4.98 Å². The van der Waals surface area contributed by atoms with Gasteiger partial charge < -0.3 is 9.47 Å². The Morgan fingerprint density at radius 3 is 2.44 bits per heavy atom. The Hall–Kier alpha value is -4.12. The molecule has 0 atom stereocenters. The molecule has 2 aromatic heterocycles. The van der Waals surface area contributed by atoms with Crippen LogP contribution in [0.25, 0.3) is 22.5 Å². The molecule has 0 radical (unpaired) electrons. The number of nitrogens with zero attached hydrogens (tertiary/aromatic N) is 3. The Labute approximate surface area is 194 Å². The van der Waals surface area contributed by atoms with Gasteiger partial charge >= 0.3 is 5.76 Å². The van der Waals surface area contributed by atoms with Gasteiger partial charge in [-0.15, -0.1) is 0 Å². The summed E-state index contributed by atoms with van der Waals surface area (Å²) in [5, 5.41) is 3.62. The normalized spacial score (nSPS) is 13.1. The van der Waals surface area contributed by atoms with E-state index in [1.54, 1.807) is 31.4 Å². The quantitative estimate of drug-likeness (QED) is 0.446. The summed E-state index contributed by atoms with van der Waals surface area (Å²) < 4.78 is 43.2. The van der Waals surface area contributed by atoms with E-state index in [1.165, 1.54) is 23.5 Å². The molecule has 1 aliphatic heterocycles. The van der Waals surface area contributed by atoms with Crippen molar-refractivity contribution in [2.24, 2.45) is 0 Å². The van der Waals surface area contributed by atoms with Gasteiger partial charge in [-0.05, 0) is 60.0 Å². The minimum atomic E-state index is -3.78. The highest BCUT2D eigenvalue weighted by atomic mass is 32.2. The Balaban J connectivity index is 1.45. The highest BCUT2D eigenvalue weighted by molar-refractivity contribution is 7.92. The van der Waals surface area contributed by atoms with Gasteiger partial charge in [0.2, 0.25) is 11.8 Å². The van der Waals surface area contributed by atoms with Crippen molar-refractivity contribution in [3.8, 4) is 34.3 Å². The van der Waals surface area contributed by atoms with Crippen LogP contribution in [0.5, 0.6) is 11.8 Å². The first-order chi connectivity index (χ1) is 16.4. The number of H-pyrrole nitrogens is 1. The molecule has 0 fully saturated rings. The van der Waals surface area contributed by atoms with Crippen molar-refractivity contribution >= 4 is 15.7 Å². The molecular formula is C23H20N4O6S. The largest absolute Gasteiger partial charge is 0.481 e. The zero-order valence-corrected chi connectivity index (χ0v) is 19.1. The minimum absolute atomic E-state index is 0.139. The molecular weight excluding hydrogens is 460 g/mol. The monoisotopic (exact) mass is 480 g/mol. The van der Waals surface area contributed by atoms with E-state index in [4.69, 9.17) is 9.47 Å². The van der Waals surface area contributed by atoms with E-state index >= 15 is 0 Å². The average molecular weight is 481 g/mol. The van der Waals surface area contributed by atoms with Crippen molar-refractivity contribution in [2.75, 3.05) is 25.1 Å². The number of sulfonamides is 1. The van der Waals surface area contributed by atoms with Crippen molar-refractivity contribution in [1.82, 2.24) is 15.1 Å². The van der Waals surface area contributed by atoms with Gasteiger partial charge in [0.1, 0.15) is 0 Å². The first-order valence-electron chi connectivity index (χ1n) is 10.3. The van der Waals surface area contributed by atoms with Gasteiger partial charge in [0.15, 0.2) is 5.82 Å². The number of rotatable bonds is 6. The molecule has 4 aromatic rings. The van der Waals surface area contributed by atoms with Crippen LogP contribution in [0.4, 0.5) is 5.69 Å². The van der Waals surface area contributed by atoms with E-state index in [2.05, 4.69) is 19.6 Å². The molecule has 34 heavy (non-hydrogen) atoms. The second-order valence-electron chi connectivity index (χ2n) is 7.55. The molecule has 0 amide bonds. The molecule has 0 unspecified atom stereocenters. The van der Waals surface area contributed by atoms with Gasteiger partial charge in [-0.1, -0.05) is 11.2 Å². The molecule has 5 rings (SSSR count). The zero-order chi connectivity index (χ0) is 23.9. The van der Waals surface area contributed by atoms with E-state index in [-0.39, 0.29) is 10.7 Å². The molecule has 11 heteroatoms. The van der Waals surface area contributed by atoms with Gasteiger partial charge in [0.25, 0.3) is 10.0 Å². The van der Waals surface area contributed by atoms with E-state index in [0.29, 0.717) is 36.0 Å². The lowest BCUT2D eigenvalue weighted by molar-refractivity contribution is 0.366. The van der Waals surface area contributed by atoms with Crippen LogP contribution in [0.1, 0.15) is 5.56 Å². The summed E-state index contributed by atoms with van der Waals surface area (Å²) >= 11 is 0. The van der Waals surface area contributed by atoms with Crippen LogP contribution in [-0.4, -0.2) is 44.3 Å². The van der Waals surface area contributed by atoms with E-state index in [0.717, 1.165) is 16.7 Å². The molecule has 2 aromatic carbocycles. The highest BCUT2D eigenvalue weighted by Gasteiger charge is 2.31. The van der Waals surface area contributed by atoms with Crippen LogP contribution in [0.2, 0.25) is 0 Å². The third-order valence-electron chi connectivity index (χ3n) is 5.64. The lowest BCUT2D eigenvalue weighted by atomic mass is 10.0. The Morgan fingerprint density at radius 2 is 1.76 bits per heavy atom. The summed E-state index contributed by atoms with van der Waals surface area (Å²) in [5.74, 6) is 0.425. The van der Waals surface area contributed by atoms with Crippen molar-refractivity contribution in [2.45, 2.75) is 11.3 Å². The standard InChI is InChI=1S/C23H20N4O6S/c1-31-20-10-8-18(22(24-20)32-2)15-5-9-19-16(13-15)11-12-27(19)34(29,30)17-6-3-14(4-7-17)21-25-23(28)33-26-21/h3-10,13H,11-12H2,1-2H3,(H,25,26,28). The molecule has 3 heterocycles. The van der Waals surface area contributed by atoms with Crippen LogP contribution in [0, 0.1) is 0 Å². The Morgan fingerprint density at radius 1 is 1.00 bits per heavy atom. The number of anilines is 1. The Bertz CT molecular complexity index is 1530. The van der Waals surface area contributed by atoms with Crippen molar-refractivity contribution < 1.29 is 22.4 Å². The van der Waals surface area contributed by atoms with Crippen molar-refractivity contribution in [3.05, 3.63) is 70.7 Å². The topological polar surface area (TPSA) is 128 Å². The smallest absolute Gasteiger partial charge is 0.439 e. The number of aromatic nitrogens is 3. The van der Waals surface area contributed by atoms with Gasteiger partial charge in [-0.3, -0.25) is 13.8 Å². The first kappa shape index (κ1) is 21.7. The van der Waals surface area contributed by atoms with Crippen LogP contribution < -0.4 is 19.5 Å². The lowest BCUT2D eigenvalue weighted by Crippen LogP contribution is -2.29. The molecule has 1 aliphatic rings. The summed E-state index contributed by atoms with van der Waals surface area (Å²) in [6.07, 6.45) is 0.576. The third kappa shape index (κ3) is 3.69. The summed E-state index contributed by atoms with van der Waals surface area (Å²) in [6.45, 7) is 0.331. The minimum Gasteiger partial charge on any atom is -0.481 e. The molecule has 0 saturated carbocycles. The molecule has 1 N–H and O–H groups in total.